The van der Waals surface area contributed by atoms with Crippen molar-refractivity contribution in [1.82, 2.24) is 10.2 Å². The van der Waals surface area contributed by atoms with Crippen molar-refractivity contribution in [2.24, 2.45) is 10.9 Å². The number of hydrogen-bond donors (Lipinski definition) is 1. The number of methoxy groups -OCH3 is 1. The second-order valence-corrected chi connectivity index (χ2v) is 8.70. The molecular formula is C24H40IN3O2. The Morgan fingerprint density at radius 2 is 2.07 bits per heavy atom. The first-order valence-electron chi connectivity index (χ1n) is 11.3. The summed E-state index contributed by atoms with van der Waals surface area (Å²) >= 11 is 0. The molecule has 3 rings (SSSR count). The largest absolute Gasteiger partial charge is 0.382 e. The summed E-state index contributed by atoms with van der Waals surface area (Å²) < 4.78 is 10.8. The Bertz CT molecular complexity index is 662. The van der Waals surface area contributed by atoms with Crippen LogP contribution >= 0.6 is 24.0 Å². The highest BCUT2D eigenvalue weighted by atomic mass is 127. The van der Waals surface area contributed by atoms with Gasteiger partial charge in [0.2, 0.25) is 0 Å². The lowest BCUT2D eigenvalue weighted by atomic mass is 9.78. The summed E-state index contributed by atoms with van der Waals surface area (Å²) in [6, 6.07) is 9.08. The molecule has 170 valence electrons. The first kappa shape index (κ1) is 25.4. The second kappa shape index (κ2) is 12.9. The molecule has 1 aromatic rings. The fourth-order valence-corrected chi connectivity index (χ4v) is 4.77. The maximum Gasteiger partial charge on any atom is 0.193 e. The van der Waals surface area contributed by atoms with Crippen LogP contribution in [0.15, 0.2) is 29.3 Å². The van der Waals surface area contributed by atoms with Gasteiger partial charge in [-0.2, -0.15) is 0 Å². The van der Waals surface area contributed by atoms with Crippen molar-refractivity contribution in [3.63, 3.8) is 0 Å². The van der Waals surface area contributed by atoms with Crippen LogP contribution in [0.1, 0.15) is 50.2 Å². The Morgan fingerprint density at radius 3 is 2.77 bits per heavy atom. The van der Waals surface area contributed by atoms with Gasteiger partial charge in [0, 0.05) is 38.1 Å². The number of benzene rings is 1. The standard InChI is InChI=1S/C24H39N3O2.HI/c1-4-25-23(27-13-10-21(17-27)18-29-15-14-28-3)26-19-24(11-5-6-12-24)22-9-7-8-20(2)16-22;/h7-9,16,21H,4-6,10-15,17-19H2,1-3H3,(H,25,26);1H. The number of hydrogen-bond acceptors (Lipinski definition) is 3. The van der Waals surface area contributed by atoms with Crippen LogP contribution in [0.4, 0.5) is 0 Å². The third-order valence-electron chi connectivity index (χ3n) is 6.43. The molecular weight excluding hydrogens is 489 g/mol. The molecule has 6 heteroatoms. The smallest absolute Gasteiger partial charge is 0.193 e. The lowest BCUT2D eigenvalue weighted by molar-refractivity contribution is 0.0536. The summed E-state index contributed by atoms with van der Waals surface area (Å²) in [6.45, 7) is 10.4. The minimum atomic E-state index is 0. The molecule has 2 aliphatic rings. The summed E-state index contributed by atoms with van der Waals surface area (Å²) in [7, 11) is 1.72. The molecule has 0 bridgehead atoms. The van der Waals surface area contributed by atoms with E-state index in [-0.39, 0.29) is 29.4 Å². The van der Waals surface area contributed by atoms with E-state index in [0.29, 0.717) is 19.1 Å². The minimum Gasteiger partial charge on any atom is -0.382 e. The highest BCUT2D eigenvalue weighted by molar-refractivity contribution is 14.0. The van der Waals surface area contributed by atoms with Crippen molar-refractivity contribution in [2.45, 2.75) is 51.4 Å². The fourth-order valence-electron chi connectivity index (χ4n) is 4.77. The number of nitrogens with one attached hydrogen (secondary N) is 1. The number of nitrogens with zero attached hydrogens (tertiary/aromatic N) is 2. The van der Waals surface area contributed by atoms with Crippen molar-refractivity contribution in [3.05, 3.63) is 35.4 Å². The van der Waals surface area contributed by atoms with E-state index < -0.39 is 0 Å². The molecule has 1 N–H and O–H groups in total. The van der Waals surface area contributed by atoms with Crippen LogP contribution in [0.25, 0.3) is 0 Å². The first-order chi connectivity index (χ1) is 14.2. The number of guanidine groups is 1. The molecule has 1 aliphatic carbocycles. The van der Waals surface area contributed by atoms with E-state index in [9.17, 15) is 0 Å². The normalized spacial score (nSPS) is 21.0. The van der Waals surface area contributed by atoms with Gasteiger partial charge in [-0.15, -0.1) is 24.0 Å². The summed E-state index contributed by atoms with van der Waals surface area (Å²) in [4.78, 5) is 7.59. The van der Waals surface area contributed by atoms with Gasteiger partial charge in [-0.3, -0.25) is 4.99 Å². The molecule has 1 unspecified atom stereocenters. The Hall–Kier alpha value is -0.860. The molecule has 1 saturated heterocycles. The van der Waals surface area contributed by atoms with Gasteiger partial charge < -0.3 is 19.7 Å². The quantitative estimate of drug-likeness (QED) is 0.223. The van der Waals surface area contributed by atoms with Crippen LogP contribution in [-0.2, 0) is 14.9 Å². The SMILES string of the molecule is CCNC(=NCC1(c2cccc(C)c2)CCCC1)N1CCC(COCCOC)C1.I. The molecule has 0 spiro atoms. The summed E-state index contributed by atoms with van der Waals surface area (Å²) in [6.07, 6.45) is 6.28. The highest BCUT2D eigenvalue weighted by Gasteiger charge is 2.36. The molecule has 0 amide bonds. The minimum absolute atomic E-state index is 0. The number of aliphatic imine (C=N–C) groups is 1. The Labute approximate surface area is 200 Å². The lowest BCUT2D eigenvalue weighted by Crippen LogP contribution is -2.41. The van der Waals surface area contributed by atoms with Gasteiger partial charge >= 0.3 is 0 Å². The van der Waals surface area contributed by atoms with Crippen LogP contribution in [0.3, 0.4) is 0 Å². The van der Waals surface area contributed by atoms with Crippen molar-refractivity contribution >= 4 is 29.9 Å². The molecule has 1 atom stereocenters. The van der Waals surface area contributed by atoms with Crippen molar-refractivity contribution in [3.8, 4) is 0 Å². The zero-order chi connectivity index (χ0) is 20.5. The van der Waals surface area contributed by atoms with Gasteiger partial charge in [0.1, 0.15) is 0 Å². The molecule has 2 fully saturated rings. The number of halogens is 1. The third kappa shape index (κ3) is 6.82. The molecule has 0 aromatic heterocycles. The van der Waals surface area contributed by atoms with E-state index in [1.807, 2.05) is 0 Å². The zero-order valence-corrected chi connectivity index (χ0v) is 21.3. The number of ether oxygens (including phenoxy) is 2. The van der Waals surface area contributed by atoms with Crippen LogP contribution in [0, 0.1) is 12.8 Å². The van der Waals surface area contributed by atoms with Crippen LogP contribution < -0.4 is 5.32 Å². The molecule has 1 aliphatic heterocycles. The van der Waals surface area contributed by atoms with Crippen LogP contribution in [0.2, 0.25) is 0 Å². The average molecular weight is 530 g/mol. The molecule has 1 saturated carbocycles. The lowest BCUT2D eigenvalue weighted by Gasteiger charge is -2.30. The monoisotopic (exact) mass is 529 g/mol. The van der Waals surface area contributed by atoms with E-state index in [4.69, 9.17) is 14.5 Å². The van der Waals surface area contributed by atoms with Gasteiger partial charge in [-0.1, -0.05) is 42.7 Å². The fraction of sp³-hybridized carbons (Fsp3) is 0.708. The molecule has 1 aromatic carbocycles. The van der Waals surface area contributed by atoms with Gasteiger partial charge in [-0.25, -0.2) is 0 Å². The molecule has 30 heavy (non-hydrogen) atoms. The van der Waals surface area contributed by atoms with Gasteiger partial charge in [0.15, 0.2) is 5.96 Å². The number of rotatable bonds is 9. The zero-order valence-electron chi connectivity index (χ0n) is 19.0. The predicted octanol–water partition coefficient (Wildman–Crippen LogP) is 4.38. The average Bonchev–Trinajstić information content (AvgIpc) is 3.39. The molecule has 1 heterocycles. The topological polar surface area (TPSA) is 46.1 Å². The second-order valence-electron chi connectivity index (χ2n) is 8.70. The van der Waals surface area contributed by atoms with Gasteiger partial charge in [0.25, 0.3) is 0 Å². The number of aryl methyl sites for hydroxylation is 1. The maximum atomic E-state index is 5.76. The third-order valence-corrected chi connectivity index (χ3v) is 6.43. The van der Waals surface area contributed by atoms with E-state index in [1.54, 1.807) is 7.11 Å². The van der Waals surface area contributed by atoms with E-state index in [2.05, 4.69) is 48.3 Å². The van der Waals surface area contributed by atoms with Gasteiger partial charge in [-0.05, 0) is 38.7 Å². The van der Waals surface area contributed by atoms with Crippen molar-refractivity contribution in [1.29, 1.82) is 0 Å². The predicted molar refractivity (Wildman–Crippen MR) is 135 cm³/mol. The van der Waals surface area contributed by atoms with Crippen LogP contribution in [-0.4, -0.2) is 64.0 Å². The Kier molecular flexibility index (Phi) is 10.9. The van der Waals surface area contributed by atoms with E-state index in [1.165, 1.54) is 43.2 Å². The Balaban J connectivity index is 0.00000320. The number of likely N-dealkylation sites (tertiary alicyclic amines) is 1. The van der Waals surface area contributed by atoms with E-state index >= 15 is 0 Å². The van der Waals surface area contributed by atoms with Crippen molar-refractivity contribution in [2.75, 3.05) is 53.1 Å². The van der Waals surface area contributed by atoms with Crippen molar-refractivity contribution < 1.29 is 9.47 Å². The first-order valence-corrected chi connectivity index (χ1v) is 11.3. The van der Waals surface area contributed by atoms with Gasteiger partial charge in [0.05, 0.1) is 26.4 Å². The summed E-state index contributed by atoms with van der Waals surface area (Å²) in [5.41, 5.74) is 3.02. The molecule has 5 nitrogen and oxygen atoms in total. The maximum absolute atomic E-state index is 5.76. The summed E-state index contributed by atoms with van der Waals surface area (Å²) in [5.74, 6) is 1.65. The highest BCUT2D eigenvalue weighted by Crippen LogP contribution is 2.41. The summed E-state index contributed by atoms with van der Waals surface area (Å²) in [5, 5.41) is 3.54. The molecule has 0 radical (unpaired) electrons. The van der Waals surface area contributed by atoms with E-state index in [0.717, 1.165) is 38.7 Å². The van der Waals surface area contributed by atoms with Crippen LogP contribution in [0.5, 0.6) is 0 Å². The Morgan fingerprint density at radius 1 is 1.27 bits per heavy atom.